The molecule has 4 rings (SSSR count). The zero-order valence-electron chi connectivity index (χ0n) is 17.7. The number of amides is 3. The van der Waals surface area contributed by atoms with Crippen LogP contribution in [0, 0.1) is 12.8 Å². The molecule has 8 nitrogen and oxygen atoms in total. The molecular weight excluding hydrogens is 428 g/mol. The minimum Gasteiger partial charge on any atom is -0.469 e. The van der Waals surface area contributed by atoms with E-state index in [0.717, 1.165) is 5.69 Å². The number of thiazole rings is 1. The number of carbonyl (C=O) groups is 3. The number of piperidine rings is 1. The van der Waals surface area contributed by atoms with Crippen LogP contribution in [0.3, 0.4) is 0 Å². The number of likely N-dealkylation sites (tertiary alicyclic amines) is 1. The first-order valence-corrected chi connectivity index (χ1v) is 11.3. The minimum absolute atomic E-state index is 0.00366. The third-order valence-electron chi connectivity index (χ3n) is 5.47. The lowest BCUT2D eigenvalue weighted by Crippen LogP contribution is -2.42. The van der Waals surface area contributed by atoms with Crippen molar-refractivity contribution in [3.05, 3.63) is 65.1 Å². The van der Waals surface area contributed by atoms with E-state index < -0.39 is 0 Å². The van der Waals surface area contributed by atoms with E-state index in [1.54, 1.807) is 23.3 Å². The van der Waals surface area contributed by atoms with Gasteiger partial charge in [0.15, 0.2) is 5.13 Å². The Hall–Kier alpha value is -3.46. The standard InChI is InChI=1S/C23H24N4O4S/c1-15-19(9-12-31-15)22(30)26-23-25-18(14-32-23)13-20(28)27-10-7-16(8-11-27)21(29)24-17-5-3-2-4-6-17/h2-6,9,12,14,16H,7-8,10-11,13H2,1H3,(H,24,29)(H,25,26,30). The highest BCUT2D eigenvalue weighted by atomic mass is 32.1. The van der Waals surface area contributed by atoms with Crippen LogP contribution >= 0.6 is 11.3 Å². The first kappa shape index (κ1) is 21.8. The summed E-state index contributed by atoms with van der Waals surface area (Å²) in [6, 6.07) is 11.0. The van der Waals surface area contributed by atoms with Crippen LogP contribution in [0.2, 0.25) is 0 Å². The molecule has 2 aromatic heterocycles. The normalized spacial score (nSPS) is 14.2. The average molecular weight is 453 g/mol. The van der Waals surface area contributed by atoms with Gasteiger partial charge >= 0.3 is 0 Å². The molecule has 3 aromatic rings. The first-order chi connectivity index (χ1) is 15.5. The Morgan fingerprint density at radius 3 is 2.56 bits per heavy atom. The summed E-state index contributed by atoms with van der Waals surface area (Å²) in [5.74, 6) is 0.109. The van der Waals surface area contributed by atoms with Crippen molar-refractivity contribution < 1.29 is 18.8 Å². The van der Waals surface area contributed by atoms with Crippen molar-refractivity contribution >= 4 is 39.9 Å². The van der Waals surface area contributed by atoms with E-state index >= 15 is 0 Å². The Kier molecular flexibility index (Phi) is 6.65. The molecule has 1 saturated heterocycles. The van der Waals surface area contributed by atoms with Crippen molar-refractivity contribution in [1.29, 1.82) is 0 Å². The van der Waals surface area contributed by atoms with E-state index in [4.69, 9.17) is 4.42 Å². The van der Waals surface area contributed by atoms with Gasteiger partial charge in [-0.1, -0.05) is 18.2 Å². The number of carbonyl (C=O) groups excluding carboxylic acids is 3. The molecule has 3 amide bonds. The van der Waals surface area contributed by atoms with Crippen LogP contribution < -0.4 is 10.6 Å². The van der Waals surface area contributed by atoms with Gasteiger partial charge in [-0.05, 0) is 38.0 Å². The zero-order chi connectivity index (χ0) is 22.5. The maximum Gasteiger partial charge on any atom is 0.260 e. The number of nitrogens with one attached hydrogen (secondary N) is 2. The summed E-state index contributed by atoms with van der Waals surface area (Å²) in [5, 5.41) is 7.88. The Morgan fingerprint density at radius 1 is 1.12 bits per heavy atom. The number of furan rings is 1. The Labute approximate surface area is 189 Å². The van der Waals surface area contributed by atoms with Crippen molar-refractivity contribution in [3.8, 4) is 0 Å². The molecular formula is C23H24N4O4S. The molecule has 1 aliphatic rings. The maximum absolute atomic E-state index is 12.7. The van der Waals surface area contributed by atoms with Gasteiger partial charge in [0.2, 0.25) is 11.8 Å². The summed E-state index contributed by atoms with van der Waals surface area (Å²) >= 11 is 1.28. The van der Waals surface area contributed by atoms with Gasteiger partial charge in [0.05, 0.1) is 23.9 Å². The molecule has 0 radical (unpaired) electrons. The summed E-state index contributed by atoms with van der Waals surface area (Å²) in [7, 11) is 0. The Bertz CT molecular complexity index is 1100. The number of nitrogens with zero attached hydrogens (tertiary/aromatic N) is 2. The monoisotopic (exact) mass is 452 g/mol. The molecule has 1 aromatic carbocycles. The fourth-order valence-electron chi connectivity index (χ4n) is 3.65. The van der Waals surface area contributed by atoms with Gasteiger partial charge in [0, 0.05) is 30.1 Å². The molecule has 0 atom stereocenters. The van der Waals surface area contributed by atoms with Gasteiger partial charge in [0.25, 0.3) is 5.91 Å². The second-order valence-corrected chi connectivity index (χ2v) is 8.53. The van der Waals surface area contributed by atoms with Crippen LogP contribution in [-0.4, -0.2) is 40.7 Å². The smallest absolute Gasteiger partial charge is 0.260 e. The first-order valence-electron chi connectivity index (χ1n) is 10.4. The fraction of sp³-hybridized carbons (Fsp3) is 0.304. The van der Waals surface area contributed by atoms with Crippen LogP contribution in [0.1, 0.15) is 34.7 Å². The molecule has 9 heteroatoms. The summed E-state index contributed by atoms with van der Waals surface area (Å²) in [5.41, 5.74) is 1.85. The number of benzene rings is 1. The quantitative estimate of drug-likeness (QED) is 0.593. The van der Waals surface area contributed by atoms with E-state index in [2.05, 4.69) is 15.6 Å². The van der Waals surface area contributed by atoms with E-state index in [1.807, 2.05) is 30.3 Å². The maximum atomic E-state index is 12.7. The molecule has 0 unspecified atom stereocenters. The number of hydrogen-bond acceptors (Lipinski definition) is 6. The molecule has 2 N–H and O–H groups in total. The van der Waals surface area contributed by atoms with E-state index in [1.165, 1.54) is 17.6 Å². The number of aryl methyl sites for hydroxylation is 1. The summed E-state index contributed by atoms with van der Waals surface area (Å²) < 4.78 is 5.15. The number of para-hydroxylation sites is 1. The van der Waals surface area contributed by atoms with E-state index in [9.17, 15) is 14.4 Å². The Balaban J connectivity index is 1.25. The lowest BCUT2D eigenvalue weighted by molar-refractivity contribution is -0.133. The number of anilines is 2. The molecule has 0 bridgehead atoms. The van der Waals surface area contributed by atoms with Gasteiger partial charge in [-0.25, -0.2) is 4.98 Å². The van der Waals surface area contributed by atoms with E-state index in [-0.39, 0.29) is 30.1 Å². The van der Waals surface area contributed by atoms with Gasteiger partial charge < -0.3 is 14.6 Å². The van der Waals surface area contributed by atoms with Crippen molar-refractivity contribution in [2.24, 2.45) is 5.92 Å². The highest BCUT2D eigenvalue weighted by Gasteiger charge is 2.27. The van der Waals surface area contributed by atoms with Crippen LogP contribution in [0.5, 0.6) is 0 Å². The van der Waals surface area contributed by atoms with Gasteiger partial charge in [-0.2, -0.15) is 0 Å². The summed E-state index contributed by atoms with van der Waals surface area (Å²) in [4.78, 5) is 43.6. The van der Waals surface area contributed by atoms with Crippen LogP contribution in [0.4, 0.5) is 10.8 Å². The SMILES string of the molecule is Cc1occc1C(=O)Nc1nc(CC(=O)N2CCC(C(=O)Nc3ccccc3)CC2)cs1. The molecule has 0 spiro atoms. The number of rotatable bonds is 6. The lowest BCUT2D eigenvalue weighted by Gasteiger charge is -2.31. The molecule has 32 heavy (non-hydrogen) atoms. The lowest BCUT2D eigenvalue weighted by atomic mass is 9.95. The van der Waals surface area contributed by atoms with Gasteiger partial charge in [-0.3, -0.25) is 19.7 Å². The number of hydrogen-bond donors (Lipinski definition) is 2. The summed E-state index contributed by atoms with van der Waals surface area (Å²) in [6.07, 6.45) is 2.89. The Morgan fingerprint density at radius 2 is 1.88 bits per heavy atom. The highest BCUT2D eigenvalue weighted by molar-refractivity contribution is 7.14. The molecule has 166 valence electrons. The molecule has 1 aliphatic heterocycles. The minimum atomic E-state index is -0.292. The third kappa shape index (κ3) is 5.23. The second kappa shape index (κ2) is 9.78. The van der Waals surface area contributed by atoms with Crippen molar-refractivity contribution in [1.82, 2.24) is 9.88 Å². The van der Waals surface area contributed by atoms with Crippen molar-refractivity contribution in [2.45, 2.75) is 26.2 Å². The van der Waals surface area contributed by atoms with Gasteiger partial charge in [0.1, 0.15) is 5.76 Å². The molecule has 0 saturated carbocycles. The van der Waals surface area contributed by atoms with E-state index in [0.29, 0.717) is 48.1 Å². The summed E-state index contributed by atoms with van der Waals surface area (Å²) in [6.45, 7) is 2.80. The topological polar surface area (TPSA) is 105 Å². The zero-order valence-corrected chi connectivity index (χ0v) is 18.5. The fourth-order valence-corrected chi connectivity index (χ4v) is 4.36. The van der Waals surface area contributed by atoms with Crippen LogP contribution in [0.25, 0.3) is 0 Å². The van der Waals surface area contributed by atoms with Crippen molar-refractivity contribution in [3.63, 3.8) is 0 Å². The predicted molar refractivity (Wildman–Crippen MR) is 122 cm³/mol. The van der Waals surface area contributed by atoms with Crippen LogP contribution in [0.15, 0.2) is 52.5 Å². The molecule has 1 fully saturated rings. The van der Waals surface area contributed by atoms with Crippen LogP contribution in [-0.2, 0) is 16.0 Å². The predicted octanol–water partition coefficient (Wildman–Crippen LogP) is 3.72. The van der Waals surface area contributed by atoms with Crippen molar-refractivity contribution in [2.75, 3.05) is 23.7 Å². The molecule has 0 aliphatic carbocycles. The van der Waals surface area contributed by atoms with Gasteiger partial charge in [-0.15, -0.1) is 11.3 Å². The third-order valence-corrected chi connectivity index (χ3v) is 6.27. The number of aromatic nitrogens is 1. The largest absolute Gasteiger partial charge is 0.469 e. The molecule has 3 heterocycles. The average Bonchev–Trinajstić information content (AvgIpc) is 3.43. The highest BCUT2D eigenvalue weighted by Crippen LogP contribution is 2.22. The second-order valence-electron chi connectivity index (χ2n) is 7.68.